The quantitative estimate of drug-likeness (QED) is 0.629. The van der Waals surface area contributed by atoms with E-state index in [1.807, 2.05) is 0 Å². The van der Waals surface area contributed by atoms with Gasteiger partial charge in [-0.15, -0.1) is 0 Å². The van der Waals surface area contributed by atoms with Gasteiger partial charge < -0.3 is 11.1 Å². The molecule has 0 saturated heterocycles. The van der Waals surface area contributed by atoms with Gasteiger partial charge in [0.2, 0.25) is 10.0 Å². The van der Waals surface area contributed by atoms with Gasteiger partial charge in [0.05, 0.1) is 11.4 Å². The summed E-state index contributed by atoms with van der Waals surface area (Å²) in [5, 5.41) is 2.89. The molecule has 4 N–H and O–H groups in total. The minimum absolute atomic E-state index is 0.0235. The second-order valence-electron chi connectivity index (χ2n) is 3.22. The van der Waals surface area contributed by atoms with Crippen LogP contribution in [-0.4, -0.2) is 13.5 Å². The molecule has 7 heteroatoms. The first-order valence-corrected chi connectivity index (χ1v) is 6.22. The highest BCUT2D eigenvalue weighted by atomic mass is 32.2. The van der Waals surface area contributed by atoms with Crippen LogP contribution in [0.15, 0.2) is 18.2 Å². The molecule has 1 aromatic carbocycles. The number of rotatable bonds is 1. The van der Waals surface area contributed by atoms with E-state index in [0.29, 0.717) is 11.4 Å². The second kappa shape index (κ2) is 3.35. The van der Waals surface area contributed by atoms with Gasteiger partial charge >= 0.3 is 0 Å². The molecule has 1 aliphatic rings. The first-order valence-electron chi connectivity index (χ1n) is 4.16. The zero-order valence-electron chi connectivity index (χ0n) is 7.65. The molecule has 0 fully saturated rings. The van der Waals surface area contributed by atoms with E-state index >= 15 is 0 Å². The maximum Gasteiger partial charge on any atom is 0.237 e. The second-order valence-corrected chi connectivity index (χ2v) is 5.38. The minimum atomic E-state index is -3.19. The lowest BCUT2D eigenvalue weighted by Crippen LogP contribution is -2.18. The Morgan fingerprint density at radius 2 is 2.27 bits per heavy atom. The van der Waals surface area contributed by atoms with Crippen LogP contribution in [0.3, 0.4) is 0 Å². The Morgan fingerprint density at radius 3 is 2.93 bits per heavy atom. The Kier molecular flexibility index (Phi) is 2.28. The van der Waals surface area contributed by atoms with Crippen LogP contribution in [0.1, 0.15) is 5.56 Å². The SMILES string of the molecule is NC(=S)Nc1ccc2c(c1)NS(=O)(=O)C2. The van der Waals surface area contributed by atoms with Crippen LogP contribution < -0.4 is 15.8 Å². The highest BCUT2D eigenvalue weighted by Crippen LogP contribution is 2.29. The molecular weight excluding hydrogens is 234 g/mol. The van der Waals surface area contributed by atoms with Crippen molar-refractivity contribution >= 4 is 38.7 Å². The van der Waals surface area contributed by atoms with Crippen molar-refractivity contribution < 1.29 is 8.42 Å². The van der Waals surface area contributed by atoms with Crippen LogP contribution in [0, 0.1) is 0 Å². The normalized spacial score (nSPS) is 16.5. The van der Waals surface area contributed by atoms with Crippen molar-refractivity contribution in [2.24, 2.45) is 5.73 Å². The average molecular weight is 243 g/mol. The summed E-state index contributed by atoms with van der Waals surface area (Å²) in [4.78, 5) is 0. The summed E-state index contributed by atoms with van der Waals surface area (Å²) in [6.45, 7) is 0. The first-order chi connectivity index (χ1) is 6.96. The van der Waals surface area contributed by atoms with Gasteiger partial charge in [0.25, 0.3) is 0 Å². The van der Waals surface area contributed by atoms with Crippen molar-refractivity contribution in [3.05, 3.63) is 23.8 Å². The molecule has 0 spiro atoms. The van der Waals surface area contributed by atoms with E-state index in [9.17, 15) is 8.42 Å². The van der Waals surface area contributed by atoms with Crippen molar-refractivity contribution in [2.45, 2.75) is 5.75 Å². The fourth-order valence-electron chi connectivity index (χ4n) is 1.43. The molecule has 0 aliphatic carbocycles. The molecule has 0 amide bonds. The lowest BCUT2D eigenvalue weighted by Gasteiger charge is -2.05. The molecule has 15 heavy (non-hydrogen) atoms. The van der Waals surface area contributed by atoms with Gasteiger partial charge in [-0.1, -0.05) is 6.07 Å². The summed E-state index contributed by atoms with van der Waals surface area (Å²) < 4.78 is 24.9. The molecule has 0 saturated carbocycles. The Labute approximate surface area is 92.7 Å². The van der Waals surface area contributed by atoms with E-state index in [0.717, 1.165) is 5.56 Å². The molecule has 1 aromatic rings. The molecule has 1 heterocycles. The van der Waals surface area contributed by atoms with E-state index < -0.39 is 10.0 Å². The molecule has 1 aliphatic heterocycles. The number of nitrogens with one attached hydrogen (secondary N) is 2. The van der Waals surface area contributed by atoms with E-state index in [1.165, 1.54) is 0 Å². The van der Waals surface area contributed by atoms with Crippen LogP contribution in [0.4, 0.5) is 11.4 Å². The van der Waals surface area contributed by atoms with E-state index in [1.54, 1.807) is 18.2 Å². The Balaban J connectivity index is 2.34. The largest absolute Gasteiger partial charge is 0.376 e. The van der Waals surface area contributed by atoms with E-state index in [-0.39, 0.29) is 10.9 Å². The number of nitrogens with two attached hydrogens (primary N) is 1. The summed E-state index contributed by atoms with van der Waals surface area (Å²) in [5.41, 5.74) is 7.31. The van der Waals surface area contributed by atoms with Gasteiger partial charge in [-0.3, -0.25) is 4.72 Å². The van der Waals surface area contributed by atoms with Crippen LogP contribution in [0.5, 0.6) is 0 Å². The van der Waals surface area contributed by atoms with Gasteiger partial charge in [-0.25, -0.2) is 8.42 Å². The number of anilines is 2. The lowest BCUT2D eigenvalue weighted by atomic mass is 10.2. The van der Waals surface area contributed by atoms with Gasteiger partial charge in [0.15, 0.2) is 5.11 Å². The van der Waals surface area contributed by atoms with Gasteiger partial charge in [0, 0.05) is 5.69 Å². The maximum atomic E-state index is 11.2. The molecule has 5 nitrogen and oxygen atoms in total. The predicted molar refractivity (Wildman–Crippen MR) is 63.1 cm³/mol. The predicted octanol–water partition coefficient (Wildman–Crippen LogP) is 0.597. The zero-order valence-corrected chi connectivity index (χ0v) is 9.28. The summed E-state index contributed by atoms with van der Waals surface area (Å²) in [5.74, 6) is 0.0235. The molecule has 0 radical (unpaired) electrons. The van der Waals surface area contributed by atoms with Crippen LogP contribution in [0.25, 0.3) is 0 Å². The van der Waals surface area contributed by atoms with Crippen LogP contribution >= 0.6 is 12.2 Å². The van der Waals surface area contributed by atoms with Gasteiger partial charge in [-0.2, -0.15) is 0 Å². The molecule has 80 valence electrons. The Morgan fingerprint density at radius 1 is 1.53 bits per heavy atom. The van der Waals surface area contributed by atoms with Crippen molar-refractivity contribution in [1.82, 2.24) is 0 Å². The van der Waals surface area contributed by atoms with Crippen LogP contribution in [-0.2, 0) is 15.8 Å². The topological polar surface area (TPSA) is 84.2 Å². The zero-order chi connectivity index (χ0) is 11.1. The molecule has 0 aromatic heterocycles. The van der Waals surface area contributed by atoms with Crippen molar-refractivity contribution in [1.29, 1.82) is 0 Å². The lowest BCUT2D eigenvalue weighted by molar-refractivity contribution is 0.602. The van der Waals surface area contributed by atoms with Gasteiger partial charge in [-0.05, 0) is 29.9 Å². The smallest absolute Gasteiger partial charge is 0.237 e. The Bertz CT molecular complexity index is 525. The summed E-state index contributed by atoms with van der Waals surface area (Å²) in [6.07, 6.45) is 0. The monoisotopic (exact) mass is 243 g/mol. The summed E-state index contributed by atoms with van der Waals surface area (Å²) in [7, 11) is -3.19. The molecule has 0 bridgehead atoms. The highest BCUT2D eigenvalue weighted by Gasteiger charge is 2.23. The number of hydrogen-bond acceptors (Lipinski definition) is 3. The van der Waals surface area contributed by atoms with E-state index in [4.69, 9.17) is 5.73 Å². The average Bonchev–Trinajstić information content (AvgIpc) is 2.36. The fourth-order valence-corrected chi connectivity index (χ4v) is 2.80. The molecule has 0 unspecified atom stereocenters. The number of thiocarbonyl (C=S) groups is 1. The number of benzene rings is 1. The summed E-state index contributed by atoms with van der Waals surface area (Å²) in [6, 6.07) is 5.13. The highest BCUT2D eigenvalue weighted by molar-refractivity contribution is 7.92. The van der Waals surface area contributed by atoms with E-state index in [2.05, 4.69) is 22.3 Å². The third-order valence-corrected chi connectivity index (χ3v) is 3.31. The fraction of sp³-hybridized carbons (Fsp3) is 0.125. The number of fused-ring (bicyclic) bond motifs is 1. The van der Waals surface area contributed by atoms with Crippen molar-refractivity contribution in [3.63, 3.8) is 0 Å². The van der Waals surface area contributed by atoms with Crippen molar-refractivity contribution in [3.8, 4) is 0 Å². The minimum Gasteiger partial charge on any atom is -0.376 e. The van der Waals surface area contributed by atoms with Gasteiger partial charge in [0.1, 0.15) is 0 Å². The maximum absolute atomic E-state index is 11.2. The van der Waals surface area contributed by atoms with Crippen LogP contribution in [0.2, 0.25) is 0 Å². The number of sulfonamides is 1. The molecular formula is C8H9N3O2S2. The third kappa shape index (κ3) is 2.18. The molecule has 0 atom stereocenters. The summed E-state index contributed by atoms with van der Waals surface area (Å²) >= 11 is 4.68. The third-order valence-electron chi connectivity index (χ3n) is 1.99. The standard InChI is InChI=1S/C8H9N3O2S2/c9-8(14)10-6-2-1-5-4-15(12,13)11-7(5)3-6/h1-3,11H,4H2,(H3,9,10,14). The first kappa shape index (κ1) is 10.2. The van der Waals surface area contributed by atoms with Crippen molar-refractivity contribution in [2.75, 3.05) is 10.0 Å². The Hall–Kier alpha value is -1.34. The number of hydrogen-bond donors (Lipinski definition) is 3. The molecule has 2 rings (SSSR count).